The smallest absolute Gasteiger partial charge is 0.298 e. The average Bonchev–Trinajstić information content (AvgIpc) is 2.63. The fourth-order valence-corrected chi connectivity index (χ4v) is 3.25. The standard InChI is InChI=1S/C16H22N4O3/c1-11-8-19(9-12(2)23-11)20-10-13-6-4-5-7-14(13)18(3)16(21)15(20)17-22/h4-7,11-12,22H,8-10H2,1-3H3. The van der Waals surface area contributed by atoms with E-state index in [4.69, 9.17) is 4.74 Å². The van der Waals surface area contributed by atoms with Gasteiger partial charge in [-0.15, -0.1) is 0 Å². The van der Waals surface area contributed by atoms with Crippen LogP contribution in [0.15, 0.2) is 29.4 Å². The Balaban J connectivity index is 2.00. The second kappa shape index (κ2) is 6.17. The minimum atomic E-state index is -0.329. The summed E-state index contributed by atoms with van der Waals surface area (Å²) in [6.07, 6.45) is 0.0926. The van der Waals surface area contributed by atoms with Crippen LogP contribution in [0.3, 0.4) is 0 Å². The number of fused-ring (bicyclic) bond motifs is 1. The zero-order chi connectivity index (χ0) is 16.6. The van der Waals surface area contributed by atoms with Gasteiger partial charge in [-0.25, -0.2) is 5.01 Å². The van der Waals surface area contributed by atoms with Gasteiger partial charge in [0.15, 0.2) is 0 Å². The third kappa shape index (κ3) is 2.89. The SMILES string of the molecule is CC1CN(N2Cc3ccccc3N(C)C(=O)C2=NO)CC(C)O1. The van der Waals surface area contributed by atoms with E-state index in [-0.39, 0.29) is 24.0 Å². The number of hydrazine groups is 1. The summed E-state index contributed by atoms with van der Waals surface area (Å²) >= 11 is 0. The molecule has 1 amide bonds. The molecule has 2 aliphatic heterocycles. The lowest BCUT2D eigenvalue weighted by Gasteiger charge is -2.42. The van der Waals surface area contributed by atoms with Crippen LogP contribution in [-0.2, 0) is 16.1 Å². The molecule has 1 saturated heterocycles. The maximum absolute atomic E-state index is 12.7. The van der Waals surface area contributed by atoms with Gasteiger partial charge in [0.05, 0.1) is 18.8 Å². The van der Waals surface area contributed by atoms with Gasteiger partial charge in [0.25, 0.3) is 5.91 Å². The number of ether oxygens (including phenoxy) is 1. The molecule has 0 aliphatic carbocycles. The van der Waals surface area contributed by atoms with Crippen LogP contribution < -0.4 is 4.90 Å². The van der Waals surface area contributed by atoms with Gasteiger partial charge in [0.2, 0.25) is 5.84 Å². The molecule has 0 bridgehead atoms. The number of carbonyl (C=O) groups is 1. The molecule has 7 heteroatoms. The van der Waals surface area contributed by atoms with E-state index < -0.39 is 0 Å². The Morgan fingerprint density at radius 2 is 1.87 bits per heavy atom. The number of amides is 1. The molecule has 23 heavy (non-hydrogen) atoms. The van der Waals surface area contributed by atoms with Crippen LogP contribution in [0.4, 0.5) is 5.69 Å². The zero-order valence-electron chi connectivity index (χ0n) is 13.6. The molecule has 0 saturated carbocycles. The number of carbonyl (C=O) groups excluding carboxylic acids is 1. The van der Waals surface area contributed by atoms with E-state index in [1.165, 1.54) is 4.90 Å². The van der Waals surface area contributed by atoms with Crippen molar-refractivity contribution in [3.63, 3.8) is 0 Å². The van der Waals surface area contributed by atoms with E-state index in [0.717, 1.165) is 11.3 Å². The molecule has 0 aromatic heterocycles. The average molecular weight is 318 g/mol. The molecule has 2 atom stereocenters. The van der Waals surface area contributed by atoms with Gasteiger partial charge in [-0.1, -0.05) is 23.4 Å². The van der Waals surface area contributed by atoms with Gasteiger partial charge in [-0.3, -0.25) is 9.80 Å². The number of oxime groups is 1. The highest BCUT2D eigenvalue weighted by atomic mass is 16.5. The van der Waals surface area contributed by atoms with E-state index in [9.17, 15) is 10.0 Å². The second-order valence-electron chi connectivity index (χ2n) is 6.10. The number of nitrogens with zero attached hydrogens (tertiary/aromatic N) is 4. The van der Waals surface area contributed by atoms with Crippen molar-refractivity contribution in [1.82, 2.24) is 10.0 Å². The van der Waals surface area contributed by atoms with Gasteiger partial charge >= 0.3 is 0 Å². The predicted octanol–water partition coefficient (Wildman–Crippen LogP) is 1.28. The first-order valence-electron chi connectivity index (χ1n) is 7.77. The molecule has 2 heterocycles. The first kappa shape index (κ1) is 15.8. The minimum Gasteiger partial charge on any atom is -0.409 e. The lowest BCUT2D eigenvalue weighted by molar-refractivity contribution is -0.130. The quantitative estimate of drug-likeness (QED) is 0.624. The number of amidine groups is 1. The number of likely N-dealkylation sites (N-methyl/N-ethyl adjacent to an activating group) is 1. The predicted molar refractivity (Wildman–Crippen MR) is 86.2 cm³/mol. The number of morpholine rings is 1. The summed E-state index contributed by atoms with van der Waals surface area (Å²) in [6, 6.07) is 7.73. The van der Waals surface area contributed by atoms with Crippen LogP contribution in [0, 0.1) is 0 Å². The Labute approximate surface area is 135 Å². The summed E-state index contributed by atoms with van der Waals surface area (Å²) in [5.41, 5.74) is 1.84. The third-order valence-electron chi connectivity index (χ3n) is 4.25. The van der Waals surface area contributed by atoms with Crippen molar-refractivity contribution in [1.29, 1.82) is 0 Å². The van der Waals surface area contributed by atoms with E-state index in [2.05, 4.69) is 5.16 Å². The van der Waals surface area contributed by atoms with Crippen molar-refractivity contribution in [2.24, 2.45) is 5.16 Å². The Morgan fingerprint density at radius 1 is 1.22 bits per heavy atom. The largest absolute Gasteiger partial charge is 0.409 e. The summed E-state index contributed by atoms with van der Waals surface area (Å²) in [7, 11) is 1.69. The zero-order valence-corrected chi connectivity index (χ0v) is 13.6. The first-order chi connectivity index (χ1) is 11.0. The van der Waals surface area contributed by atoms with Gasteiger partial charge in [0.1, 0.15) is 0 Å². The Morgan fingerprint density at radius 3 is 2.52 bits per heavy atom. The Bertz CT molecular complexity index is 624. The first-order valence-corrected chi connectivity index (χ1v) is 7.77. The van der Waals surface area contributed by atoms with E-state index in [1.807, 2.05) is 43.1 Å². The highest BCUT2D eigenvalue weighted by Crippen LogP contribution is 2.27. The fraction of sp³-hybridized carbons (Fsp3) is 0.500. The topological polar surface area (TPSA) is 68.6 Å². The van der Waals surface area contributed by atoms with Crippen LogP contribution in [0.1, 0.15) is 19.4 Å². The molecule has 2 unspecified atom stereocenters. The monoisotopic (exact) mass is 318 g/mol. The molecule has 7 nitrogen and oxygen atoms in total. The van der Waals surface area contributed by atoms with Gasteiger partial charge in [0, 0.05) is 25.8 Å². The summed E-state index contributed by atoms with van der Waals surface area (Å²) in [6.45, 7) is 5.76. The lowest BCUT2D eigenvalue weighted by Crippen LogP contribution is -2.57. The summed E-state index contributed by atoms with van der Waals surface area (Å²) in [4.78, 5) is 14.2. The lowest BCUT2D eigenvalue weighted by atomic mass is 10.1. The van der Waals surface area contributed by atoms with Crippen molar-refractivity contribution in [3.8, 4) is 0 Å². The number of rotatable bonds is 1. The number of hydrogen-bond acceptors (Lipinski definition) is 5. The molecular formula is C16H22N4O3. The van der Waals surface area contributed by atoms with Gasteiger partial charge in [-0.05, 0) is 25.5 Å². The van der Waals surface area contributed by atoms with Gasteiger partial charge in [-0.2, -0.15) is 0 Å². The van der Waals surface area contributed by atoms with Crippen LogP contribution in [0.25, 0.3) is 0 Å². The van der Waals surface area contributed by atoms with E-state index >= 15 is 0 Å². The normalized spacial score (nSPS) is 28.0. The fourth-order valence-electron chi connectivity index (χ4n) is 3.25. The number of para-hydroxylation sites is 1. The number of hydrogen-bond donors (Lipinski definition) is 1. The minimum absolute atomic E-state index is 0.0324. The molecule has 1 aromatic rings. The van der Waals surface area contributed by atoms with Crippen molar-refractivity contribution < 1.29 is 14.7 Å². The number of benzene rings is 1. The summed E-state index contributed by atoms with van der Waals surface area (Å²) in [5.74, 6) is -0.297. The van der Waals surface area contributed by atoms with Crippen LogP contribution in [0.2, 0.25) is 0 Å². The molecule has 0 spiro atoms. The molecule has 124 valence electrons. The Hall–Kier alpha value is -2.12. The second-order valence-corrected chi connectivity index (χ2v) is 6.10. The summed E-state index contributed by atoms with van der Waals surface area (Å²) < 4.78 is 5.76. The third-order valence-corrected chi connectivity index (χ3v) is 4.25. The maximum atomic E-state index is 12.7. The molecule has 1 aromatic carbocycles. The van der Waals surface area contributed by atoms with Crippen molar-refractivity contribution in [3.05, 3.63) is 29.8 Å². The molecule has 3 rings (SSSR count). The van der Waals surface area contributed by atoms with Crippen LogP contribution in [-0.4, -0.2) is 59.3 Å². The molecule has 0 radical (unpaired) electrons. The summed E-state index contributed by atoms with van der Waals surface area (Å²) in [5, 5.41) is 16.5. The van der Waals surface area contributed by atoms with E-state index in [0.29, 0.717) is 19.6 Å². The molecular weight excluding hydrogens is 296 g/mol. The maximum Gasteiger partial charge on any atom is 0.298 e. The highest BCUT2D eigenvalue weighted by molar-refractivity contribution is 6.42. The van der Waals surface area contributed by atoms with Crippen molar-refractivity contribution >= 4 is 17.4 Å². The van der Waals surface area contributed by atoms with Gasteiger partial charge < -0.3 is 14.8 Å². The molecule has 2 aliphatic rings. The molecule has 1 fully saturated rings. The number of anilines is 1. The van der Waals surface area contributed by atoms with Crippen LogP contribution in [0.5, 0.6) is 0 Å². The molecule has 1 N–H and O–H groups in total. The van der Waals surface area contributed by atoms with E-state index in [1.54, 1.807) is 12.1 Å². The highest BCUT2D eigenvalue weighted by Gasteiger charge is 2.36. The Kier molecular flexibility index (Phi) is 4.23. The van der Waals surface area contributed by atoms with Crippen molar-refractivity contribution in [2.45, 2.75) is 32.6 Å². The van der Waals surface area contributed by atoms with Crippen molar-refractivity contribution in [2.75, 3.05) is 25.0 Å². The van der Waals surface area contributed by atoms with Crippen LogP contribution >= 0.6 is 0 Å².